The minimum atomic E-state index is -0.909. The van der Waals surface area contributed by atoms with Gasteiger partial charge >= 0.3 is 5.69 Å². The zero-order valence-electron chi connectivity index (χ0n) is 22.2. The lowest BCUT2D eigenvalue weighted by Crippen LogP contribution is -2.37. The summed E-state index contributed by atoms with van der Waals surface area (Å²) in [6.07, 6.45) is 4.83. The molecule has 11 heteroatoms. The molecule has 208 valence electrons. The Morgan fingerprint density at radius 1 is 0.951 bits per heavy atom. The van der Waals surface area contributed by atoms with Crippen molar-refractivity contribution in [1.29, 1.82) is 0 Å². The maximum Gasteiger partial charge on any atom is 0.335 e. The van der Waals surface area contributed by atoms with Crippen molar-refractivity contribution in [2.75, 3.05) is 18.0 Å². The average molecular weight is 616 g/mol. The molecule has 0 aliphatic carbocycles. The van der Waals surface area contributed by atoms with E-state index in [-0.39, 0.29) is 5.56 Å². The smallest absolute Gasteiger partial charge is 0.335 e. The Balaban J connectivity index is 1.41. The van der Waals surface area contributed by atoms with Crippen molar-refractivity contribution >= 4 is 50.4 Å². The number of anilines is 1. The highest BCUT2D eigenvalue weighted by Gasteiger charge is 2.34. The molecule has 0 saturated carbocycles. The number of halogens is 1. The first-order valence-electron chi connectivity index (χ1n) is 13.4. The van der Waals surface area contributed by atoms with Crippen molar-refractivity contribution in [2.45, 2.75) is 32.6 Å². The monoisotopic (exact) mass is 615 g/mol. The van der Waals surface area contributed by atoms with Crippen molar-refractivity contribution in [1.82, 2.24) is 14.6 Å². The summed E-state index contributed by atoms with van der Waals surface area (Å²) in [5, 5.41) is 17.2. The molecule has 1 aromatic heterocycles. The molecule has 2 N–H and O–H groups in total. The van der Waals surface area contributed by atoms with E-state index in [2.05, 4.69) is 30.9 Å². The van der Waals surface area contributed by atoms with Gasteiger partial charge in [0.05, 0.1) is 23.0 Å². The molecule has 1 fully saturated rings. The van der Waals surface area contributed by atoms with Crippen LogP contribution in [0, 0.1) is 0 Å². The molecule has 0 atom stereocenters. The number of nitrogens with zero attached hydrogens (tertiary/aromatic N) is 4. The second-order valence-corrected chi connectivity index (χ2v) is 10.9. The molecule has 2 aliphatic heterocycles. The summed E-state index contributed by atoms with van der Waals surface area (Å²) in [5.41, 5.74) is 0.615. The van der Waals surface area contributed by atoms with Gasteiger partial charge in [-0.05, 0) is 67.6 Å². The Bertz CT molecular complexity index is 1860. The van der Waals surface area contributed by atoms with E-state index >= 15 is 0 Å². The van der Waals surface area contributed by atoms with E-state index < -0.39 is 28.9 Å². The van der Waals surface area contributed by atoms with Crippen LogP contribution in [0.3, 0.4) is 0 Å². The lowest BCUT2D eigenvalue weighted by Gasteiger charge is -2.31. The van der Waals surface area contributed by atoms with Gasteiger partial charge in [0.2, 0.25) is 5.88 Å². The molecule has 0 bridgehead atoms. The number of hydrogen-bond donors (Lipinski definition) is 2. The molecule has 3 aromatic carbocycles. The molecule has 6 rings (SSSR count). The van der Waals surface area contributed by atoms with Gasteiger partial charge in [-0.25, -0.2) is 9.36 Å². The maximum atomic E-state index is 13.5. The third kappa shape index (κ3) is 4.46. The average Bonchev–Trinajstić information content (AvgIpc) is 2.97. The number of nitrogens with one attached hydrogen (secondary N) is 1. The number of aromatic hydroxyl groups is 1. The number of hydrogen-bond acceptors (Lipinski definition) is 7. The van der Waals surface area contributed by atoms with E-state index in [1.165, 1.54) is 6.42 Å². The topological polar surface area (TPSA) is 128 Å². The number of aryl methyl sites for hydroxylation is 1. The van der Waals surface area contributed by atoms with Crippen molar-refractivity contribution < 1.29 is 14.7 Å². The van der Waals surface area contributed by atoms with Crippen LogP contribution in [0.15, 0.2) is 67.7 Å². The molecule has 0 unspecified atom stereocenters. The predicted molar refractivity (Wildman–Crippen MR) is 160 cm³/mol. The number of carbonyl (C=O) groups is 2. The number of piperidine rings is 1. The number of carbonyl (C=O) groups excluding carboxylic acids is 2. The van der Waals surface area contributed by atoms with Crippen LogP contribution >= 0.6 is 15.9 Å². The predicted octanol–water partition coefficient (Wildman–Crippen LogP) is 4.33. The summed E-state index contributed by atoms with van der Waals surface area (Å²) >= 11 is 3.40. The SMILES string of the molecule is CCc1cc(Br)ccc1-n1c(O)c(C=NN2C(=O)c3cccc4c(N5CCCCC5)ccc(c34)C2=O)c(=O)[nH]c1=O. The molecule has 0 radical (unpaired) electrons. The Morgan fingerprint density at radius 2 is 1.66 bits per heavy atom. The lowest BCUT2D eigenvalue weighted by atomic mass is 9.93. The number of aromatic nitrogens is 2. The first-order chi connectivity index (χ1) is 19.8. The normalized spacial score (nSPS) is 15.4. The maximum absolute atomic E-state index is 13.5. The Labute approximate surface area is 242 Å². The summed E-state index contributed by atoms with van der Waals surface area (Å²) < 4.78 is 1.75. The minimum absolute atomic E-state index is 0.318. The molecule has 10 nitrogen and oxygen atoms in total. The highest BCUT2D eigenvalue weighted by molar-refractivity contribution is 9.10. The van der Waals surface area contributed by atoms with E-state index in [1.54, 1.807) is 36.4 Å². The Morgan fingerprint density at radius 3 is 2.39 bits per heavy atom. The molecular weight excluding hydrogens is 590 g/mol. The van der Waals surface area contributed by atoms with Gasteiger partial charge in [-0.1, -0.05) is 35.0 Å². The standard InChI is InChI=1S/C30H26BrN5O5/c1-2-17-15-18(31)9-11-23(17)35-27(38)22(26(37)33-30(35)41)16-32-36-28(39)20-8-6-7-19-24(34-13-4-3-5-14-34)12-10-21(25(19)20)29(36)40/h6-12,15-16,38H,2-5,13-14H2,1H3,(H,33,37,41). The molecule has 2 amide bonds. The molecule has 2 aliphatic rings. The summed E-state index contributed by atoms with van der Waals surface area (Å²) in [6, 6.07) is 14.1. The van der Waals surface area contributed by atoms with E-state index in [0.717, 1.165) is 57.8 Å². The van der Waals surface area contributed by atoms with Gasteiger partial charge in [0.1, 0.15) is 5.56 Å². The third-order valence-corrected chi connectivity index (χ3v) is 8.14. The van der Waals surface area contributed by atoms with Crippen LogP contribution in [0.4, 0.5) is 5.69 Å². The van der Waals surface area contributed by atoms with Crippen molar-refractivity contribution in [3.8, 4) is 11.6 Å². The van der Waals surface area contributed by atoms with E-state index in [4.69, 9.17) is 0 Å². The van der Waals surface area contributed by atoms with Gasteiger partial charge in [-0.3, -0.25) is 19.4 Å². The van der Waals surface area contributed by atoms with Crippen LogP contribution < -0.4 is 16.1 Å². The van der Waals surface area contributed by atoms with E-state index in [9.17, 15) is 24.3 Å². The summed E-state index contributed by atoms with van der Waals surface area (Å²) in [7, 11) is 0. The first kappa shape index (κ1) is 26.7. The summed E-state index contributed by atoms with van der Waals surface area (Å²) in [5.74, 6) is -1.96. The largest absolute Gasteiger partial charge is 0.493 e. The van der Waals surface area contributed by atoms with Crippen LogP contribution in [-0.4, -0.2) is 50.8 Å². The van der Waals surface area contributed by atoms with Gasteiger partial charge in [0, 0.05) is 34.0 Å². The van der Waals surface area contributed by atoms with Gasteiger partial charge in [0.15, 0.2) is 0 Å². The second kappa shape index (κ2) is 10.5. The van der Waals surface area contributed by atoms with Crippen molar-refractivity contribution in [3.63, 3.8) is 0 Å². The number of imide groups is 1. The molecule has 3 heterocycles. The molecule has 4 aromatic rings. The van der Waals surface area contributed by atoms with Gasteiger partial charge < -0.3 is 10.0 Å². The van der Waals surface area contributed by atoms with Crippen LogP contribution in [0.1, 0.15) is 58.0 Å². The number of benzene rings is 3. The van der Waals surface area contributed by atoms with Crippen LogP contribution in [-0.2, 0) is 6.42 Å². The molecule has 0 spiro atoms. The van der Waals surface area contributed by atoms with E-state index in [1.807, 2.05) is 19.1 Å². The minimum Gasteiger partial charge on any atom is -0.493 e. The van der Waals surface area contributed by atoms with Crippen LogP contribution in [0.25, 0.3) is 16.5 Å². The number of rotatable bonds is 5. The first-order valence-corrected chi connectivity index (χ1v) is 14.2. The highest BCUT2D eigenvalue weighted by Crippen LogP contribution is 2.37. The fourth-order valence-electron chi connectivity index (χ4n) is 5.63. The highest BCUT2D eigenvalue weighted by atomic mass is 79.9. The summed E-state index contributed by atoms with van der Waals surface area (Å²) in [6.45, 7) is 3.72. The number of amides is 2. The fraction of sp³-hybridized carbons (Fsp3) is 0.233. The van der Waals surface area contributed by atoms with Gasteiger partial charge in [-0.15, -0.1) is 0 Å². The third-order valence-electron chi connectivity index (χ3n) is 7.65. The van der Waals surface area contributed by atoms with E-state index in [0.29, 0.717) is 33.6 Å². The van der Waals surface area contributed by atoms with Crippen LogP contribution in [0.2, 0.25) is 0 Å². The van der Waals surface area contributed by atoms with Crippen molar-refractivity contribution in [3.05, 3.63) is 96.1 Å². The van der Waals surface area contributed by atoms with Gasteiger partial charge in [-0.2, -0.15) is 10.1 Å². The zero-order chi connectivity index (χ0) is 28.8. The molecule has 1 saturated heterocycles. The Kier molecular flexibility index (Phi) is 6.82. The molecule has 41 heavy (non-hydrogen) atoms. The number of aromatic amines is 1. The zero-order valence-corrected chi connectivity index (χ0v) is 23.8. The lowest BCUT2D eigenvalue weighted by molar-refractivity contribution is 0.0616. The number of H-pyrrole nitrogens is 1. The van der Waals surface area contributed by atoms with Crippen LogP contribution in [0.5, 0.6) is 5.88 Å². The van der Waals surface area contributed by atoms with Crippen molar-refractivity contribution in [2.24, 2.45) is 5.10 Å². The second-order valence-electron chi connectivity index (χ2n) is 10.0. The quantitative estimate of drug-likeness (QED) is 0.254. The fourth-order valence-corrected chi connectivity index (χ4v) is 6.04. The Hall–Kier alpha value is -4.51. The number of hydrazone groups is 1. The summed E-state index contributed by atoms with van der Waals surface area (Å²) in [4.78, 5) is 56.9. The van der Waals surface area contributed by atoms with Gasteiger partial charge in [0.25, 0.3) is 17.4 Å². The molecular formula is C30H26BrN5O5.